The molecule has 0 atom stereocenters. The van der Waals surface area contributed by atoms with Crippen LogP contribution in [0.25, 0.3) is 21.4 Å². The van der Waals surface area contributed by atoms with Gasteiger partial charge in [0, 0.05) is 35.8 Å². The van der Waals surface area contributed by atoms with Crippen LogP contribution in [0.2, 0.25) is 0 Å². The van der Waals surface area contributed by atoms with Gasteiger partial charge in [-0.05, 0) is 17.7 Å². The number of nitrogens with one attached hydrogen (secondary N) is 1. The van der Waals surface area contributed by atoms with Crippen LogP contribution >= 0.6 is 11.3 Å². The molecule has 0 bridgehead atoms. The summed E-state index contributed by atoms with van der Waals surface area (Å²) in [4.78, 5) is 26.5. The molecule has 7 nitrogen and oxygen atoms in total. The lowest BCUT2D eigenvalue weighted by Crippen LogP contribution is -2.36. The fourth-order valence-corrected chi connectivity index (χ4v) is 4.00. The molecule has 1 saturated heterocycles. The molecule has 3 heterocycles. The molecule has 0 aliphatic carbocycles. The molecule has 0 saturated carbocycles. The first-order chi connectivity index (χ1) is 14.1. The molecule has 8 heteroatoms. The van der Waals surface area contributed by atoms with Crippen LogP contribution in [0.3, 0.4) is 0 Å². The number of carbonyl (C=O) groups excluding carboxylic acids is 1. The molecule has 4 rings (SSSR count). The quantitative estimate of drug-likeness (QED) is 0.526. The van der Waals surface area contributed by atoms with Gasteiger partial charge in [-0.25, -0.2) is 0 Å². The third-order valence-electron chi connectivity index (χ3n) is 4.59. The summed E-state index contributed by atoms with van der Waals surface area (Å²) in [6.45, 7) is 5.92. The van der Waals surface area contributed by atoms with Crippen LogP contribution < -0.4 is 15.6 Å². The molecule has 0 radical (unpaired) electrons. The Kier molecular flexibility index (Phi) is 5.16. The van der Waals surface area contributed by atoms with E-state index in [1.807, 2.05) is 16.3 Å². The summed E-state index contributed by atoms with van der Waals surface area (Å²) >= 11 is 1.33. The molecular weight excluding hydrogens is 390 g/mol. The molecule has 1 N–H and O–H groups in total. The van der Waals surface area contributed by atoms with Crippen molar-refractivity contribution in [1.82, 2.24) is 0 Å². The predicted molar refractivity (Wildman–Crippen MR) is 112 cm³/mol. The standard InChI is InChI=1S/C21H17N3O4S/c1-13(11-22)21(26)23-15-4-2-3-14(9-15)16-12-29-20-17(25)10-18(28-19(16)20)24-5-7-27-8-6-24/h2-4,9-10,12H,1,5-8H2,(H,23,26). The number of thiophene rings is 1. The molecule has 1 aliphatic rings. The zero-order chi connectivity index (χ0) is 20.4. The first-order valence-electron chi connectivity index (χ1n) is 8.95. The molecule has 146 valence electrons. The summed E-state index contributed by atoms with van der Waals surface area (Å²) in [7, 11) is 0. The lowest BCUT2D eigenvalue weighted by atomic mass is 10.1. The monoisotopic (exact) mass is 407 g/mol. The molecule has 1 amide bonds. The summed E-state index contributed by atoms with van der Waals surface area (Å²) in [5.41, 5.74) is 2.35. The number of ether oxygens (including phenoxy) is 1. The zero-order valence-electron chi connectivity index (χ0n) is 15.4. The number of anilines is 2. The first-order valence-corrected chi connectivity index (χ1v) is 9.83. The van der Waals surface area contributed by atoms with Crippen molar-refractivity contribution >= 4 is 39.1 Å². The van der Waals surface area contributed by atoms with E-state index in [0.29, 0.717) is 48.2 Å². The Labute approximate surface area is 170 Å². The Morgan fingerprint density at radius 2 is 2.07 bits per heavy atom. The molecular formula is C21H17N3O4S. The van der Waals surface area contributed by atoms with Crippen LogP contribution in [-0.4, -0.2) is 32.2 Å². The fourth-order valence-electron chi connectivity index (χ4n) is 3.09. The summed E-state index contributed by atoms with van der Waals surface area (Å²) in [5, 5.41) is 13.3. The van der Waals surface area contributed by atoms with Gasteiger partial charge in [0.1, 0.15) is 16.3 Å². The molecule has 1 aliphatic heterocycles. The average Bonchev–Trinajstić information content (AvgIpc) is 3.18. The molecule has 29 heavy (non-hydrogen) atoms. The van der Waals surface area contributed by atoms with E-state index in [9.17, 15) is 9.59 Å². The van der Waals surface area contributed by atoms with E-state index in [0.717, 1.165) is 11.1 Å². The lowest BCUT2D eigenvalue weighted by molar-refractivity contribution is -0.112. The zero-order valence-corrected chi connectivity index (χ0v) is 16.3. The van der Waals surface area contributed by atoms with Crippen molar-refractivity contribution in [3.63, 3.8) is 0 Å². The molecule has 1 fully saturated rings. The number of morpholine rings is 1. The van der Waals surface area contributed by atoms with Crippen LogP contribution in [0.4, 0.5) is 11.6 Å². The van der Waals surface area contributed by atoms with Gasteiger partial charge >= 0.3 is 0 Å². The Morgan fingerprint density at radius 3 is 2.83 bits per heavy atom. The number of nitriles is 1. The summed E-state index contributed by atoms with van der Waals surface area (Å²) < 4.78 is 12.0. The van der Waals surface area contributed by atoms with Gasteiger partial charge in [-0.3, -0.25) is 9.59 Å². The highest BCUT2D eigenvalue weighted by Gasteiger charge is 2.19. The Balaban J connectivity index is 1.72. The van der Waals surface area contributed by atoms with Crippen molar-refractivity contribution in [1.29, 1.82) is 5.26 Å². The Morgan fingerprint density at radius 1 is 1.28 bits per heavy atom. The summed E-state index contributed by atoms with van der Waals surface area (Å²) in [5.74, 6) is -0.0267. The van der Waals surface area contributed by atoms with Crippen LogP contribution in [0.5, 0.6) is 0 Å². The van der Waals surface area contributed by atoms with Crippen molar-refractivity contribution in [3.8, 4) is 17.2 Å². The second-order valence-corrected chi connectivity index (χ2v) is 7.36. The van der Waals surface area contributed by atoms with Gasteiger partial charge in [-0.1, -0.05) is 18.7 Å². The predicted octanol–water partition coefficient (Wildman–Crippen LogP) is 3.38. The average molecular weight is 407 g/mol. The molecule has 3 aromatic rings. The van der Waals surface area contributed by atoms with Gasteiger partial charge in [-0.2, -0.15) is 5.26 Å². The van der Waals surface area contributed by atoms with E-state index in [4.69, 9.17) is 14.4 Å². The van der Waals surface area contributed by atoms with Crippen LogP contribution in [0.1, 0.15) is 0 Å². The van der Waals surface area contributed by atoms with Crippen molar-refractivity contribution in [2.45, 2.75) is 0 Å². The van der Waals surface area contributed by atoms with Crippen molar-refractivity contribution in [3.05, 3.63) is 58.1 Å². The molecule has 1 aromatic carbocycles. The van der Waals surface area contributed by atoms with E-state index in [-0.39, 0.29) is 11.0 Å². The number of nitrogens with zero attached hydrogens (tertiary/aromatic N) is 2. The van der Waals surface area contributed by atoms with Crippen LogP contribution in [-0.2, 0) is 9.53 Å². The Bertz CT molecular complexity index is 1200. The van der Waals surface area contributed by atoms with Crippen LogP contribution in [0, 0.1) is 11.3 Å². The minimum absolute atomic E-state index is 0.0845. The van der Waals surface area contributed by atoms with Gasteiger partial charge in [0.25, 0.3) is 5.91 Å². The topological polar surface area (TPSA) is 95.6 Å². The smallest absolute Gasteiger partial charge is 0.265 e. The third kappa shape index (κ3) is 3.78. The van der Waals surface area contributed by atoms with Gasteiger partial charge in [0.05, 0.1) is 13.2 Å². The van der Waals surface area contributed by atoms with E-state index in [2.05, 4.69) is 11.9 Å². The second kappa shape index (κ2) is 7.91. The van der Waals surface area contributed by atoms with E-state index < -0.39 is 5.91 Å². The van der Waals surface area contributed by atoms with Gasteiger partial charge in [0.2, 0.25) is 5.43 Å². The minimum atomic E-state index is -0.555. The van der Waals surface area contributed by atoms with Gasteiger partial charge < -0.3 is 19.4 Å². The lowest BCUT2D eigenvalue weighted by Gasteiger charge is -2.27. The minimum Gasteiger partial charge on any atom is -0.439 e. The van der Waals surface area contributed by atoms with E-state index in [1.165, 1.54) is 17.4 Å². The maximum Gasteiger partial charge on any atom is 0.265 e. The summed E-state index contributed by atoms with van der Waals surface area (Å²) in [6.07, 6.45) is 0. The number of rotatable bonds is 4. The Hall–Kier alpha value is -3.41. The largest absolute Gasteiger partial charge is 0.439 e. The van der Waals surface area contributed by atoms with Gasteiger partial charge in [0.15, 0.2) is 11.5 Å². The number of carbonyl (C=O) groups is 1. The fraction of sp³-hybridized carbons (Fsp3) is 0.190. The van der Waals surface area contributed by atoms with Gasteiger partial charge in [-0.15, -0.1) is 11.3 Å². The summed E-state index contributed by atoms with van der Waals surface area (Å²) in [6, 6.07) is 10.4. The molecule has 2 aromatic heterocycles. The molecule has 0 spiro atoms. The van der Waals surface area contributed by atoms with Crippen molar-refractivity contribution in [2.75, 3.05) is 36.5 Å². The number of benzene rings is 1. The van der Waals surface area contributed by atoms with Crippen molar-refractivity contribution < 1.29 is 13.9 Å². The highest BCUT2D eigenvalue weighted by atomic mass is 32.1. The van der Waals surface area contributed by atoms with E-state index >= 15 is 0 Å². The number of fused-ring (bicyclic) bond motifs is 1. The molecule has 0 unspecified atom stereocenters. The highest BCUT2D eigenvalue weighted by Crippen LogP contribution is 2.35. The number of hydrogen-bond acceptors (Lipinski definition) is 7. The maximum atomic E-state index is 12.6. The van der Waals surface area contributed by atoms with E-state index in [1.54, 1.807) is 24.3 Å². The third-order valence-corrected chi connectivity index (χ3v) is 5.57. The second-order valence-electron chi connectivity index (χ2n) is 6.48. The number of amides is 1. The first kappa shape index (κ1) is 18.9. The SMILES string of the molecule is C=C(C#N)C(=O)Nc1cccc(-c2csc3c(=O)cc(N4CCOCC4)oc23)c1. The normalized spacial score (nSPS) is 13.8. The van der Waals surface area contributed by atoms with Crippen molar-refractivity contribution in [2.24, 2.45) is 0 Å². The van der Waals surface area contributed by atoms with Crippen LogP contribution in [0.15, 0.2) is 57.1 Å². The number of hydrogen-bond donors (Lipinski definition) is 1. The maximum absolute atomic E-state index is 12.6. The highest BCUT2D eigenvalue weighted by molar-refractivity contribution is 7.17.